The third-order valence-corrected chi connectivity index (χ3v) is 7.26. The maximum absolute atomic E-state index is 12.8. The van der Waals surface area contributed by atoms with Crippen molar-refractivity contribution in [2.24, 2.45) is 0 Å². The van der Waals surface area contributed by atoms with Gasteiger partial charge in [0.1, 0.15) is 16.6 Å². The first kappa shape index (κ1) is 14.4. The van der Waals surface area contributed by atoms with E-state index in [0.29, 0.717) is 26.1 Å². The minimum absolute atomic E-state index is 0.0386. The van der Waals surface area contributed by atoms with Crippen molar-refractivity contribution in [2.75, 3.05) is 26.7 Å². The number of sulfonamides is 1. The van der Waals surface area contributed by atoms with Gasteiger partial charge >= 0.3 is 0 Å². The molecule has 1 aromatic carbocycles. The first-order valence-electron chi connectivity index (χ1n) is 7.54. The molecule has 3 aliphatic heterocycles. The minimum atomic E-state index is -3.30. The summed E-state index contributed by atoms with van der Waals surface area (Å²) in [6.07, 6.45) is 0.644. The van der Waals surface area contributed by atoms with Crippen molar-refractivity contribution in [2.45, 2.75) is 29.9 Å². The molecule has 3 saturated heterocycles. The number of hydrogen-bond donors (Lipinski definition) is 1. The SMILES string of the molecule is COc1ccc(CN2C[C@@]34CNC[C@@H](C[C@@H]3S2(=O)=O)O4)cc1. The Morgan fingerprint density at radius 2 is 2.18 bits per heavy atom. The molecule has 0 radical (unpaired) electrons. The van der Waals surface area contributed by atoms with Crippen LogP contribution in [0.5, 0.6) is 5.75 Å². The second-order valence-electron chi connectivity index (χ2n) is 6.32. The van der Waals surface area contributed by atoms with E-state index < -0.39 is 20.9 Å². The van der Waals surface area contributed by atoms with Crippen molar-refractivity contribution in [3.05, 3.63) is 29.8 Å². The van der Waals surface area contributed by atoms with Crippen molar-refractivity contribution in [1.29, 1.82) is 0 Å². The van der Waals surface area contributed by atoms with Crippen molar-refractivity contribution in [3.63, 3.8) is 0 Å². The predicted octanol–water partition coefficient (Wildman–Crippen LogP) is 0.340. The summed E-state index contributed by atoms with van der Waals surface area (Å²) in [7, 11) is -1.69. The van der Waals surface area contributed by atoms with Crippen LogP contribution in [0.15, 0.2) is 24.3 Å². The van der Waals surface area contributed by atoms with E-state index >= 15 is 0 Å². The highest BCUT2D eigenvalue weighted by Gasteiger charge is 2.63. The maximum atomic E-state index is 12.8. The van der Waals surface area contributed by atoms with Crippen LogP contribution in [0.1, 0.15) is 12.0 Å². The number of benzene rings is 1. The maximum Gasteiger partial charge on any atom is 0.220 e. The van der Waals surface area contributed by atoms with Crippen LogP contribution in [0.25, 0.3) is 0 Å². The van der Waals surface area contributed by atoms with Crippen molar-refractivity contribution >= 4 is 10.0 Å². The van der Waals surface area contributed by atoms with Crippen molar-refractivity contribution < 1.29 is 17.9 Å². The lowest BCUT2D eigenvalue weighted by molar-refractivity contribution is -0.0634. The first-order valence-corrected chi connectivity index (χ1v) is 9.04. The molecule has 3 atom stereocenters. The van der Waals surface area contributed by atoms with Gasteiger partial charge in [0, 0.05) is 26.2 Å². The van der Waals surface area contributed by atoms with E-state index in [1.807, 2.05) is 24.3 Å². The Morgan fingerprint density at radius 3 is 2.91 bits per heavy atom. The van der Waals surface area contributed by atoms with Crippen molar-refractivity contribution in [3.8, 4) is 5.75 Å². The van der Waals surface area contributed by atoms with E-state index in [0.717, 1.165) is 17.9 Å². The molecule has 6 nitrogen and oxygen atoms in total. The average molecular weight is 324 g/mol. The molecule has 22 heavy (non-hydrogen) atoms. The number of fused-ring (bicyclic) bond motifs is 1. The topological polar surface area (TPSA) is 67.9 Å². The zero-order valence-electron chi connectivity index (χ0n) is 12.5. The molecule has 4 rings (SSSR count). The predicted molar refractivity (Wildman–Crippen MR) is 81.2 cm³/mol. The molecule has 1 spiro atoms. The molecule has 0 saturated carbocycles. The van der Waals surface area contributed by atoms with Crippen LogP contribution in [-0.2, 0) is 21.3 Å². The number of ether oxygens (including phenoxy) is 2. The Kier molecular flexibility index (Phi) is 3.23. The fraction of sp³-hybridized carbons (Fsp3) is 0.600. The number of morpholine rings is 1. The van der Waals surface area contributed by atoms with Gasteiger partial charge in [-0.3, -0.25) is 0 Å². The summed E-state index contributed by atoms with van der Waals surface area (Å²) >= 11 is 0. The van der Waals surface area contributed by atoms with Crippen LogP contribution < -0.4 is 10.1 Å². The van der Waals surface area contributed by atoms with Crippen molar-refractivity contribution in [1.82, 2.24) is 9.62 Å². The molecule has 3 heterocycles. The van der Waals surface area contributed by atoms with Gasteiger partial charge in [0.25, 0.3) is 0 Å². The Labute approximate surface area is 130 Å². The summed E-state index contributed by atoms with van der Waals surface area (Å²) in [6, 6.07) is 7.52. The lowest BCUT2D eigenvalue weighted by Crippen LogP contribution is -2.53. The van der Waals surface area contributed by atoms with Gasteiger partial charge in [-0.05, 0) is 24.1 Å². The van der Waals surface area contributed by atoms with Gasteiger partial charge in [-0.25, -0.2) is 8.42 Å². The standard InChI is InChI=1S/C15H20N2O4S/c1-20-12-4-2-11(3-5-12)8-17-10-15-9-16-7-13(21-15)6-14(15)22(17,18)19/h2-5,13-14,16H,6-10H2,1H3/t13-,14+,15+/m1/s1. The lowest BCUT2D eigenvalue weighted by Gasteiger charge is -2.32. The fourth-order valence-corrected chi connectivity index (χ4v) is 6.17. The molecule has 3 aliphatic rings. The van der Waals surface area contributed by atoms with E-state index in [1.165, 1.54) is 0 Å². The van der Waals surface area contributed by atoms with Crippen LogP contribution in [0.2, 0.25) is 0 Å². The molecule has 0 amide bonds. The summed E-state index contributed by atoms with van der Waals surface area (Å²) in [6.45, 7) is 2.20. The number of nitrogens with zero attached hydrogens (tertiary/aromatic N) is 1. The Bertz CT molecular complexity index is 675. The minimum Gasteiger partial charge on any atom is -0.497 e. The molecule has 0 unspecified atom stereocenters. The van der Waals surface area contributed by atoms with Gasteiger partial charge in [-0.2, -0.15) is 4.31 Å². The summed E-state index contributed by atoms with van der Waals surface area (Å²) in [5.41, 5.74) is 0.398. The van der Waals surface area contributed by atoms with E-state index in [-0.39, 0.29) is 6.10 Å². The van der Waals surface area contributed by atoms with E-state index in [9.17, 15) is 8.42 Å². The Balaban J connectivity index is 1.58. The van der Waals surface area contributed by atoms with Crippen LogP contribution >= 0.6 is 0 Å². The zero-order valence-corrected chi connectivity index (χ0v) is 13.3. The summed E-state index contributed by atoms with van der Waals surface area (Å²) < 4.78 is 38.4. The van der Waals surface area contributed by atoms with Gasteiger partial charge in [-0.1, -0.05) is 12.1 Å². The number of nitrogens with one attached hydrogen (secondary N) is 1. The molecule has 3 fully saturated rings. The van der Waals surface area contributed by atoms with Crippen LogP contribution in [0, 0.1) is 0 Å². The lowest BCUT2D eigenvalue weighted by atomic mass is 10.00. The molecular formula is C15H20N2O4S. The van der Waals surface area contributed by atoms with Gasteiger partial charge in [-0.15, -0.1) is 0 Å². The highest BCUT2D eigenvalue weighted by Crippen LogP contribution is 2.45. The second kappa shape index (κ2) is 4.92. The first-order chi connectivity index (χ1) is 10.5. The molecule has 120 valence electrons. The second-order valence-corrected chi connectivity index (χ2v) is 8.44. The highest BCUT2D eigenvalue weighted by atomic mass is 32.2. The normalized spacial score (nSPS) is 36.2. The largest absolute Gasteiger partial charge is 0.497 e. The monoisotopic (exact) mass is 324 g/mol. The van der Waals surface area contributed by atoms with Gasteiger partial charge in [0.15, 0.2) is 0 Å². The molecule has 1 aromatic rings. The van der Waals surface area contributed by atoms with E-state index in [4.69, 9.17) is 9.47 Å². The van der Waals surface area contributed by atoms with Gasteiger partial charge < -0.3 is 14.8 Å². The van der Waals surface area contributed by atoms with Gasteiger partial charge in [0.2, 0.25) is 10.0 Å². The molecule has 7 heteroatoms. The third kappa shape index (κ3) is 2.07. The number of rotatable bonds is 3. The van der Waals surface area contributed by atoms with E-state index in [1.54, 1.807) is 11.4 Å². The summed E-state index contributed by atoms with van der Waals surface area (Å²) in [4.78, 5) is 0. The zero-order chi connectivity index (χ0) is 15.4. The number of hydrogen-bond acceptors (Lipinski definition) is 5. The molecule has 1 N–H and O–H groups in total. The molecule has 0 aliphatic carbocycles. The third-order valence-electron chi connectivity index (χ3n) is 4.94. The van der Waals surface area contributed by atoms with Crippen LogP contribution in [0.4, 0.5) is 0 Å². The molecule has 2 bridgehead atoms. The smallest absolute Gasteiger partial charge is 0.220 e. The summed E-state index contributed by atoms with van der Waals surface area (Å²) in [5, 5.41) is 2.91. The number of methoxy groups -OCH3 is 1. The molecular weight excluding hydrogens is 304 g/mol. The fourth-order valence-electron chi connectivity index (χ4n) is 3.87. The molecule has 0 aromatic heterocycles. The quantitative estimate of drug-likeness (QED) is 0.868. The summed E-state index contributed by atoms with van der Waals surface area (Å²) in [5.74, 6) is 0.770. The van der Waals surface area contributed by atoms with Crippen LogP contribution in [0.3, 0.4) is 0 Å². The average Bonchev–Trinajstić information content (AvgIpc) is 2.87. The Morgan fingerprint density at radius 1 is 1.41 bits per heavy atom. The highest BCUT2D eigenvalue weighted by molar-refractivity contribution is 7.90. The van der Waals surface area contributed by atoms with Gasteiger partial charge in [0.05, 0.1) is 13.2 Å². The van der Waals surface area contributed by atoms with E-state index in [2.05, 4.69) is 5.32 Å². The van der Waals surface area contributed by atoms with Crippen LogP contribution in [-0.4, -0.2) is 56.4 Å². The Hall–Kier alpha value is -1.15.